The van der Waals surface area contributed by atoms with Crippen LogP contribution in [0.4, 0.5) is 0 Å². The number of aromatic nitrogens is 2. The summed E-state index contributed by atoms with van der Waals surface area (Å²) >= 11 is 0. The van der Waals surface area contributed by atoms with Gasteiger partial charge in [-0.2, -0.15) is 5.10 Å². The minimum Gasteiger partial charge on any atom is -0.481 e. The largest absolute Gasteiger partial charge is 0.481 e. The van der Waals surface area contributed by atoms with Crippen LogP contribution >= 0.6 is 0 Å². The predicted octanol–water partition coefficient (Wildman–Crippen LogP) is 0.0238. The van der Waals surface area contributed by atoms with Gasteiger partial charge in [-0.25, -0.2) is 13.1 Å². The van der Waals surface area contributed by atoms with Crippen LogP contribution in [0.25, 0.3) is 0 Å². The maximum atomic E-state index is 12.4. The average molecular weight is 319 g/mol. The van der Waals surface area contributed by atoms with Crippen molar-refractivity contribution < 1.29 is 23.4 Å². The molecule has 0 aliphatic carbocycles. The second kappa shape index (κ2) is 7.01. The Morgan fingerprint density at radius 1 is 1.43 bits per heavy atom. The van der Waals surface area contributed by atoms with E-state index in [1.54, 1.807) is 20.8 Å². The molecule has 0 amide bonds. The smallest absolute Gasteiger partial charge is 0.305 e. The van der Waals surface area contributed by atoms with Crippen molar-refractivity contribution in [2.75, 3.05) is 6.61 Å². The normalized spacial score (nSPS) is 13.3. The molecule has 0 saturated heterocycles. The standard InChI is InChI=1S/C12H21N3O5S/c1-4-10(7-16)14-21(19,20)12-8(2)13-15(9(12)3)6-5-11(17)18/h10,14,16H,4-7H2,1-3H3,(H,17,18)/t10-/m1/s1. The van der Waals surface area contributed by atoms with E-state index in [1.165, 1.54) is 4.68 Å². The van der Waals surface area contributed by atoms with E-state index >= 15 is 0 Å². The molecule has 1 atom stereocenters. The van der Waals surface area contributed by atoms with Gasteiger partial charge in [-0.05, 0) is 20.3 Å². The minimum absolute atomic E-state index is 0.0415. The zero-order valence-corrected chi connectivity index (χ0v) is 13.1. The molecule has 3 N–H and O–H groups in total. The third-order valence-corrected chi connectivity index (χ3v) is 4.93. The van der Waals surface area contributed by atoms with Crippen molar-refractivity contribution in [3.63, 3.8) is 0 Å². The lowest BCUT2D eigenvalue weighted by atomic mass is 10.3. The number of hydrogen-bond donors (Lipinski definition) is 3. The number of rotatable bonds is 8. The molecule has 1 aromatic rings. The van der Waals surface area contributed by atoms with Crippen molar-refractivity contribution in [3.8, 4) is 0 Å². The summed E-state index contributed by atoms with van der Waals surface area (Å²) in [7, 11) is -3.80. The molecule has 0 aliphatic rings. The fourth-order valence-corrected chi connectivity index (χ4v) is 3.74. The third-order valence-electron chi connectivity index (χ3n) is 3.16. The molecule has 120 valence electrons. The second-order valence-electron chi connectivity index (χ2n) is 4.78. The van der Waals surface area contributed by atoms with Crippen LogP contribution in [0.3, 0.4) is 0 Å². The monoisotopic (exact) mass is 319 g/mol. The number of carboxylic acid groups (broad SMARTS) is 1. The zero-order valence-electron chi connectivity index (χ0n) is 12.3. The molecule has 21 heavy (non-hydrogen) atoms. The molecular formula is C12H21N3O5S. The van der Waals surface area contributed by atoms with Gasteiger partial charge < -0.3 is 10.2 Å². The second-order valence-corrected chi connectivity index (χ2v) is 6.43. The first-order valence-electron chi connectivity index (χ1n) is 6.61. The van der Waals surface area contributed by atoms with E-state index in [-0.39, 0.29) is 24.5 Å². The van der Waals surface area contributed by atoms with Gasteiger partial charge in [-0.3, -0.25) is 9.48 Å². The maximum absolute atomic E-state index is 12.4. The summed E-state index contributed by atoms with van der Waals surface area (Å²) in [6.07, 6.45) is 0.323. The predicted molar refractivity (Wildman–Crippen MR) is 75.4 cm³/mol. The Bertz CT molecular complexity index is 605. The molecule has 1 rings (SSSR count). The maximum Gasteiger partial charge on any atom is 0.305 e. The van der Waals surface area contributed by atoms with E-state index in [0.29, 0.717) is 17.8 Å². The summed E-state index contributed by atoms with van der Waals surface area (Å²) < 4.78 is 28.5. The molecule has 0 aliphatic heterocycles. The van der Waals surface area contributed by atoms with Crippen LogP contribution in [0, 0.1) is 13.8 Å². The highest BCUT2D eigenvalue weighted by Crippen LogP contribution is 2.20. The topological polar surface area (TPSA) is 122 Å². The van der Waals surface area contributed by atoms with Crippen LogP contribution in [0.1, 0.15) is 31.2 Å². The molecule has 0 spiro atoms. The van der Waals surface area contributed by atoms with Crippen molar-refractivity contribution in [2.45, 2.75) is 51.1 Å². The molecule has 0 unspecified atom stereocenters. The Hall–Kier alpha value is -1.45. The molecule has 1 aromatic heterocycles. The van der Waals surface area contributed by atoms with E-state index in [1.807, 2.05) is 0 Å². The summed E-state index contributed by atoms with van der Waals surface area (Å²) in [4.78, 5) is 10.6. The van der Waals surface area contributed by atoms with Gasteiger partial charge in [0.2, 0.25) is 10.0 Å². The quantitative estimate of drug-likeness (QED) is 0.621. The summed E-state index contributed by atoms with van der Waals surface area (Å²) in [5.41, 5.74) is 0.687. The summed E-state index contributed by atoms with van der Waals surface area (Å²) in [6.45, 7) is 4.71. The van der Waals surface area contributed by atoms with Gasteiger partial charge in [0, 0.05) is 6.04 Å². The molecule has 1 heterocycles. The number of nitrogens with one attached hydrogen (secondary N) is 1. The number of sulfonamides is 1. The number of nitrogens with zero attached hydrogens (tertiary/aromatic N) is 2. The number of hydrogen-bond acceptors (Lipinski definition) is 5. The Morgan fingerprint density at radius 2 is 2.05 bits per heavy atom. The number of aryl methyl sites for hydroxylation is 2. The van der Waals surface area contributed by atoms with Crippen LogP contribution in [-0.4, -0.2) is 47.0 Å². The first-order valence-corrected chi connectivity index (χ1v) is 8.10. The molecule has 0 aromatic carbocycles. The highest BCUT2D eigenvalue weighted by Gasteiger charge is 2.26. The fraction of sp³-hybridized carbons (Fsp3) is 0.667. The third kappa shape index (κ3) is 4.26. The van der Waals surface area contributed by atoms with Crippen LogP contribution in [-0.2, 0) is 21.4 Å². The first-order chi connectivity index (χ1) is 9.72. The van der Waals surface area contributed by atoms with Gasteiger partial charge in [0.05, 0.1) is 31.0 Å². The van der Waals surface area contributed by atoms with Crippen LogP contribution in [0.5, 0.6) is 0 Å². The lowest BCUT2D eigenvalue weighted by Crippen LogP contribution is -2.37. The Balaban J connectivity index is 3.09. The zero-order chi connectivity index (χ0) is 16.2. The van der Waals surface area contributed by atoms with E-state index in [4.69, 9.17) is 10.2 Å². The number of aliphatic hydroxyl groups excluding tert-OH is 1. The SMILES string of the molecule is CC[C@H](CO)NS(=O)(=O)c1c(C)nn(CCC(=O)O)c1C. The van der Waals surface area contributed by atoms with Crippen LogP contribution in [0.15, 0.2) is 4.90 Å². The summed E-state index contributed by atoms with van der Waals surface area (Å²) in [5, 5.41) is 21.9. The van der Waals surface area contributed by atoms with Gasteiger partial charge >= 0.3 is 5.97 Å². The molecule has 8 nitrogen and oxygen atoms in total. The average Bonchev–Trinajstić information content (AvgIpc) is 2.68. The van der Waals surface area contributed by atoms with E-state index in [0.717, 1.165) is 0 Å². The number of carboxylic acids is 1. The van der Waals surface area contributed by atoms with Gasteiger partial charge in [0.1, 0.15) is 4.90 Å². The molecular weight excluding hydrogens is 298 g/mol. The number of carbonyl (C=O) groups is 1. The lowest BCUT2D eigenvalue weighted by Gasteiger charge is -2.14. The van der Waals surface area contributed by atoms with Crippen molar-refractivity contribution in [3.05, 3.63) is 11.4 Å². The molecule has 0 bridgehead atoms. The Kier molecular flexibility index (Phi) is 5.87. The lowest BCUT2D eigenvalue weighted by molar-refractivity contribution is -0.137. The van der Waals surface area contributed by atoms with Gasteiger partial charge in [0.15, 0.2) is 0 Å². The Morgan fingerprint density at radius 3 is 2.52 bits per heavy atom. The number of aliphatic hydroxyl groups is 1. The van der Waals surface area contributed by atoms with Crippen molar-refractivity contribution in [1.29, 1.82) is 0 Å². The summed E-state index contributed by atoms with van der Waals surface area (Å²) in [6, 6.07) is -0.559. The first kappa shape index (κ1) is 17.6. The molecule has 9 heteroatoms. The summed E-state index contributed by atoms with van der Waals surface area (Å²) in [5.74, 6) is -0.976. The van der Waals surface area contributed by atoms with Gasteiger partial charge in [0.25, 0.3) is 0 Å². The molecule has 0 radical (unpaired) electrons. The van der Waals surface area contributed by atoms with Crippen molar-refractivity contribution >= 4 is 16.0 Å². The highest BCUT2D eigenvalue weighted by atomic mass is 32.2. The van der Waals surface area contributed by atoms with E-state index in [2.05, 4.69) is 9.82 Å². The number of aliphatic carboxylic acids is 1. The van der Waals surface area contributed by atoms with E-state index in [9.17, 15) is 13.2 Å². The highest BCUT2D eigenvalue weighted by molar-refractivity contribution is 7.89. The van der Waals surface area contributed by atoms with Gasteiger partial charge in [-0.1, -0.05) is 6.92 Å². The molecule has 0 saturated carbocycles. The minimum atomic E-state index is -3.80. The van der Waals surface area contributed by atoms with Crippen LogP contribution < -0.4 is 4.72 Å². The molecule has 0 fully saturated rings. The van der Waals surface area contributed by atoms with Crippen LogP contribution in [0.2, 0.25) is 0 Å². The van der Waals surface area contributed by atoms with E-state index < -0.39 is 22.0 Å². The van der Waals surface area contributed by atoms with Crippen molar-refractivity contribution in [2.24, 2.45) is 0 Å². The van der Waals surface area contributed by atoms with Gasteiger partial charge in [-0.15, -0.1) is 0 Å². The fourth-order valence-electron chi connectivity index (χ4n) is 2.02. The van der Waals surface area contributed by atoms with Crippen molar-refractivity contribution in [1.82, 2.24) is 14.5 Å². The Labute approximate surface area is 123 Å².